The fourth-order valence-corrected chi connectivity index (χ4v) is 1.86. The Hall–Kier alpha value is -1.17. The van der Waals surface area contributed by atoms with E-state index in [2.05, 4.69) is 21.1 Å². The lowest BCUT2D eigenvalue weighted by Gasteiger charge is -1.96. The Morgan fingerprint density at radius 1 is 1.33 bits per heavy atom. The summed E-state index contributed by atoms with van der Waals surface area (Å²) in [4.78, 5) is 0. The van der Waals surface area contributed by atoms with Crippen molar-refractivity contribution in [3.05, 3.63) is 40.6 Å². The van der Waals surface area contributed by atoms with Gasteiger partial charge in [0.15, 0.2) is 5.76 Å². The van der Waals surface area contributed by atoms with Gasteiger partial charge in [-0.05, 0) is 12.1 Å². The lowest BCUT2D eigenvalue weighted by atomic mass is 10.1. The van der Waals surface area contributed by atoms with Gasteiger partial charge in [0, 0.05) is 16.1 Å². The number of ether oxygens (including phenoxy) is 2. The molecule has 2 heterocycles. The third kappa shape index (κ3) is 2.98. The maximum Gasteiger partial charge on any atom is 0.163 e. The van der Waals surface area contributed by atoms with E-state index >= 15 is 0 Å². The molecule has 0 bridgehead atoms. The molecule has 0 aliphatic carbocycles. The van der Waals surface area contributed by atoms with E-state index in [-0.39, 0.29) is 6.10 Å². The van der Waals surface area contributed by atoms with Crippen molar-refractivity contribution in [1.29, 1.82) is 0 Å². The monoisotopic (exact) mass is 309 g/mol. The van der Waals surface area contributed by atoms with Gasteiger partial charge in [0.2, 0.25) is 0 Å². The number of hydrogen-bond acceptors (Lipinski definition) is 4. The summed E-state index contributed by atoms with van der Waals surface area (Å²) in [5, 5.41) is 4.03. The first kappa shape index (κ1) is 11.9. The quantitative estimate of drug-likeness (QED) is 0.797. The molecule has 1 aliphatic rings. The molecule has 5 heteroatoms. The van der Waals surface area contributed by atoms with Gasteiger partial charge in [0.05, 0.1) is 13.2 Å². The molecule has 0 amide bonds. The lowest BCUT2D eigenvalue weighted by Crippen LogP contribution is -2.00. The number of epoxide rings is 1. The van der Waals surface area contributed by atoms with Gasteiger partial charge in [-0.15, -0.1) is 0 Å². The van der Waals surface area contributed by atoms with Crippen molar-refractivity contribution in [2.75, 3.05) is 13.2 Å². The molecule has 2 aromatic rings. The van der Waals surface area contributed by atoms with E-state index in [9.17, 15) is 0 Å². The molecule has 0 spiro atoms. The molecule has 1 aliphatic heterocycles. The zero-order valence-corrected chi connectivity index (χ0v) is 11.2. The largest absolute Gasteiger partial charge is 0.371 e. The molecule has 1 aromatic carbocycles. The summed E-state index contributed by atoms with van der Waals surface area (Å²) in [6.45, 7) is 1.86. The Bertz CT molecular complexity index is 519. The summed E-state index contributed by atoms with van der Waals surface area (Å²) in [5.74, 6) is 0.730. The summed E-state index contributed by atoms with van der Waals surface area (Å²) in [6.07, 6.45) is 0.277. The molecule has 18 heavy (non-hydrogen) atoms. The van der Waals surface area contributed by atoms with E-state index in [1.54, 1.807) is 0 Å². The highest BCUT2D eigenvalue weighted by Crippen LogP contribution is 2.22. The van der Waals surface area contributed by atoms with Crippen LogP contribution in [-0.2, 0) is 16.1 Å². The minimum atomic E-state index is 0.277. The number of hydrogen-bond donors (Lipinski definition) is 0. The van der Waals surface area contributed by atoms with Gasteiger partial charge in [0.1, 0.15) is 18.4 Å². The predicted molar refractivity (Wildman–Crippen MR) is 69.0 cm³/mol. The Labute approximate surface area is 113 Å². The number of aromatic nitrogens is 1. The zero-order chi connectivity index (χ0) is 12.4. The van der Waals surface area contributed by atoms with Crippen LogP contribution in [0.3, 0.4) is 0 Å². The van der Waals surface area contributed by atoms with Crippen LogP contribution in [0, 0.1) is 0 Å². The second-order valence-corrected chi connectivity index (χ2v) is 5.07. The zero-order valence-electron chi connectivity index (χ0n) is 9.64. The Morgan fingerprint density at radius 2 is 2.11 bits per heavy atom. The second kappa shape index (κ2) is 5.22. The van der Waals surface area contributed by atoms with Crippen molar-refractivity contribution < 1.29 is 14.0 Å². The first-order valence-electron chi connectivity index (χ1n) is 5.72. The van der Waals surface area contributed by atoms with E-state index < -0.39 is 0 Å². The number of benzene rings is 1. The second-order valence-electron chi connectivity index (χ2n) is 4.16. The molecule has 0 radical (unpaired) electrons. The van der Waals surface area contributed by atoms with Crippen molar-refractivity contribution in [2.45, 2.75) is 12.7 Å². The molecule has 0 saturated carbocycles. The molecule has 1 unspecified atom stereocenters. The standard InChI is InChI=1S/C13H12BrNO3/c14-10-3-1-9(2-4-10)13-5-11(18-15-13)6-16-7-12-8-17-12/h1-5,12H,6-8H2. The van der Waals surface area contributed by atoms with Gasteiger partial charge in [-0.2, -0.15) is 0 Å². The van der Waals surface area contributed by atoms with Gasteiger partial charge in [0.25, 0.3) is 0 Å². The Morgan fingerprint density at radius 3 is 2.83 bits per heavy atom. The smallest absolute Gasteiger partial charge is 0.163 e. The number of halogens is 1. The van der Waals surface area contributed by atoms with Crippen molar-refractivity contribution in [3.8, 4) is 11.3 Å². The first-order valence-corrected chi connectivity index (χ1v) is 6.51. The third-order valence-corrected chi connectivity index (χ3v) is 3.18. The average Bonchev–Trinajstić information content (AvgIpc) is 3.08. The molecule has 4 nitrogen and oxygen atoms in total. The fourth-order valence-electron chi connectivity index (χ4n) is 1.59. The highest BCUT2D eigenvalue weighted by molar-refractivity contribution is 9.10. The van der Waals surface area contributed by atoms with Crippen LogP contribution in [0.1, 0.15) is 5.76 Å². The maximum atomic E-state index is 5.45. The van der Waals surface area contributed by atoms with Crippen molar-refractivity contribution in [1.82, 2.24) is 5.16 Å². The highest BCUT2D eigenvalue weighted by Gasteiger charge is 2.22. The van der Waals surface area contributed by atoms with Gasteiger partial charge in [-0.1, -0.05) is 33.2 Å². The van der Waals surface area contributed by atoms with E-state index in [1.807, 2.05) is 30.3 Å². The summed E-state index contributed by atoms with van der Waals surface area (Å²) in [7, 11) is 0. The van der Waals surface area contributed by atoms with Crippen LogP contribution in [0.15, 0.2) is 39.3 Å². The van der Waals surface area contributed by atoms with Gasteiger partial charge in [-0.25, -0.2) is 0 Å². The van der Waals surface area contributed by atoms with E-state index in [4.69, 9.17) is 14.0 Å². The highest BCUT2D eigenvalue weighted by atomic mass is 79.9. The van der Waals surface area contributed by atoms with Crippen LogP contribution in [0.2, 0.25) is 0 Å². The molecule has 94 valence electrons. The molecule has 3 rings (SSSR count). The molecule has 1 atom stereocenters. The Balaban J connectivity index is 1.62. The topological polar surface area (TPSA) is 47.8 Å². The van der Waals surface area contributed by atoms with Crippen LogP contribution < -0.4 is 0 Å². The van der Waals surface area contributed by atoms with Crippen LogP contribution in [0.4, 0.5) is 0 Å². The molecule has 1 fully saturated rings. The molecule has 0 N–H and O–H groups in total. The van der Waals surface area contributed by atoms with E-state index in [0.717, 1.165) is 28.1 Å². The molecular formula is C13H12BrNO3. The minimum absolute atomic E-state index is 0.277. The average molecular weight is 310 g/mol. The molecule has 1 saturated heterocycles. The predicted octanol–water partition coefficient (Wildman–Crippen LogP) is 3.02. The van der Waals surface area contributed by atoms with Crippen LogP contribution in [0.25, 0.3) is 11.3 Å². The van der Waals surface area contributed by atoms with E-state index in [0.29, 0.717) is 13.2 Å². The molecular weight excluding hydrogens is 298 g/mol. The van der Waals surface area contributed by atoms with Crippen molar-refractivity contribution in [3.63, 3.8) is 0 Å². The molecule has 1 aromatic heterocycles. The summed E-state index contributed by atoms with van der Waals surface area (Å²) in [6, 6.07) is 9.83. The number of rotatable bonds is 5. The fraction of sp³-hybridized carbons (Fsp3) is 0.308. The van der Waals surface area contributed by atoms with Gasteiger partial charge < -0.3 is 14.0 Å². The SMILES string of the molecule is Brc1ccc(-c2cc(COCC3CO3)on2)cc1. The van der Waals surface area contributed by atoms with Crippen molar-refractivity contribution in [2.24, 2.45) is 0 Å². The van der Waals surface area contributed by atoms with Gasteiger partial charge in [-0.3, -0.25) is 0 Å². The van der Waals surface area contributed by atoms with Crippen LogP contribution in [-0.4, -0.2) is 24.5 Å². The Kier molecular flexibility index (Phi) is 3.45. The normalized spacial score (nSPS) is 17.9. The third-order valence-electron chi connectivity index (χ3n) is 2.65. The van der Waals surface area contributed by atoms with E-state index in [1.165, 1.54) is 0 Å². The lowest BCUT2D eigenvalue weighted by molar-refractivity contribution is 0.0872. The summed E-state index contributed by atoms with van der Waals surface area (Å²) < 4.78 is 16.8. The van der Waals surface area contributed by atoms with Gasteiger partial charge >= 0.3 is 0 Å². The number of nitrogens with zero attached hydrogens (tertiary/aromatic N) is 1. The maximum absolute atomic E-state index is 5.45. The van der Waals surface area contributed by atoms with Crippen molar-refractivity contribution >= 4 is 15.9 Å². The summed E-state index contributed by atoms with van der Waals surface area (Å²) >= 11 is 3.40. The first-order chi connectivity index (χ1) is 8.81. The minimum Gasteiger partial charge on any atom is -0.371 e. The van der Waals surface area contributed by atoms with Crippen LogP contribution in [0.5, 0.6) is 0 Å². The van der Waals surface area contributed by atoms with Crippen LogP contribution >= 0.6 is 15.9 Å². The summed E-state index contributed by atoms with van der Waals surface area (Å²) in [5.41, 5.74) is 1.85.